The van der Waals surface area contributed by atoms with Crippen molar-refractivity contribution in [2.75, 3.05) is 5.01 Å². The number of rotatable bonds is 2. The third kappa shape index (κ3) is 2.04. The van der Waals surface area contributed by atoms with Gasteiger partial charge in [-0.25, -0.2) is 0 Å². The molecule has 0 radical (unpaired) electrons. The number of aryl methyl sites for hydroxylation is 1. The first kappa shape index (κ1) is 11.3. The van der Waals surface area contributed by atoms with Crippen molar-refractivity contribution in [1.82, 2.24) is 0 Å². The molecule has 0 saturated carbocycles. The molecule has 0 aliphatic carbocycles. The monoisotopic (exact) mass is 227 g/mol. The molecule has 0 atom stereocenters. The zero-order chi connectivity index (χ0) is 12.4. The lowest BCUT2D eigenvalue weighted by atomic mass is 10.1. The highest BCUT2D eigenvalue weighted by Gasteiger charge is 2.24. The highest BCUT2D eigenvalue weighted by atomic mass is 16.2. The lowest BCUT2D eigenvalue weighted by Gasteiger charge is -2.14. The van der Waals surface area contributed by atoms with Gasteiger partial charge in [0.25, 0.3) is 5.91 Å². The maximum Gasteiger partial charge on any atom is 0.253 e. The second-order valence-corrected chi connectivity index (χ2v) is 4.03. The molecule has 1 aromatic rings. The third-order valence-electron chi connectivity index (χ3n) is 2.73. The molecule has 2 rings (SSSR count). The Morgan fingerprint density at radius 1 is 1.53 bits per heavy atom. The Kier molecular flexibility index (Phi) is 2.92. The van der Waals surface area contributed by atoms with E-state index >= 15 is 0 Å². The number of carbonyl (C=O) groups excluding carboxylic acids is 1. The van der Waals surface area contributed by atoms with E-state index in [1.54, 1.807) is 6.07 Å². The highest BCUT2D eigenvalue weighted by molar-refractivity contribution is 6.12. The molecular weight excluding hydrogens is 214 g/mol. The molecule has 0 fully saturated rings. The average Bonchev–Trinajstić information content (AvgIpc) is 2.67. The minimum atomic E-state index is -0.0803. The molecule has 86 valence electrons. The van der Waals surface area contributed by atoms with Crippen LogP contribution in [0.5, 0.6) is 0 Å². The molecule has 1 aliphatic rings. The fraction of sp³-hybridized carbons (Fsp3) is 0.308. The molecule has 1 amide bonds. The van der Waals surface area contributed by atoms with E-state index in [1.807, 2.05) is 26.0 Å². The Morgan fingerprint density at radius 3 is 2.82 bits per heavy atom. The maximum absolute atomic E-state index is 11.7. The van der Waals surface area contributed by atoms with Crippen LogP contribution in [0.15, 0.2) is 23.3 Å². The van der Waals surface area contributed by atoms with Gasteiger partial charge >= 0.3 is 0 Å². The molecule has 1 aromatic carbocycles. The van der Waals surface area contributed by atoms with E-state index in [0.29, 0.717) is 17.7 Å². The standard InChI is InChI=1S/C13H13N3O/c1-3-10-4-5-12(11(7-10)8-14)16-13(17)6-9(2)15-16/h4-5,7H,3,6H2,1-2H3. The van der Waals surface area contributed by atoms with E-state index < -0.39 is 0 Å². The molecule has 0 aromatic heterocycles. The van der Waals surface area contributed by atoms with E-state index in [2.05, 4.69) is 11.2 Å². The predicted octanol–water partition coefficient (Wildman–Crippen LogP) is 2.23. The van der Waals surface area contributed by atoms with Crippen LogP contribution in [0.25, 0.3) is 0 Å². The minimum absolute atomic E-state index is 0.0803. The molecule has 4 nitrogen and oxygen atoms in total. The number of hydrazone groups is 1. The summed E-state index contributed by atoms with van der Waals surface area (Å²) in [7, 11) is 0. The van der Waals surface area contributed by atoms with Crippen LogP contribution in [-0.4, -0.2) is 11.6 Å². The van der Waals surface area contributed by atoms with Crippen LogP contribution >= 0.6 is 0 Å². The summed E-state index contributed by atoms with van der Waals surface area (Å²) in [5, 5.41) is 14.6. The molecule has 0 saturated heterocycles. The average molecular weight is 227 g/mol. The van der Waals surface area contributed by atoms with Gasteiger partial charge in [0.1, 0.15) is 6.07 Å². The third-order valence-corrected chi connectivity index (χ3v) is 2.73. The molecule has 0 N–H and O–H groups in total. The number of hydrogen-bond acceptors (Lipinski definition) is 3. The first-order valence-electron chi connectivity index (χ1n) is 5.55. The number of benzene rings is 1. The number of carbonyl (C=O) groups is 1. The van der Waals surface area contributed by atoms with Gasteiger partial charge in [-0.1, -0.05) is 13.0 Å². The van der Waals surface area contributed by atoms with E-state index in [-0.39, 0.29) is 5.91 Å². The van der Waals surface area contributed by atoms with Gasteiger partial charge in [-0.3, -0.25) is 4.79 Å². The number of amides is 1. The summed E-state index contributed by atoms with van der Waals surface area (Å²) >= 11 is 0. The Morgan fingerprint density at radius 2 is 2.29 bits per heavy atom. The van der Waals surface area contributed by atoms with E-state index in [9.17, 15) is 4.79 Å². The molecule has 0 spiro atoms. The van der Waals surface area contributed by atoms with Crippen LogP contribution in [0.2, 0.25) is 0 Å². The van der Waals surface area contributed by atoms with Crippen LogP contribution in [-0.2, 0) is 11.2 Å². The first-order chi connectivity index (χ1) is 8.15. The SMILES string of the molecule is CCc1ccc(N2N=C(C)CC2=O)c(C#N)c1. The fourth-order valence-corrected chi connectivity index (χ4v) is 1.82. The Balaban J connectivity index is 2.46. The first-order valence-corrected chi connectivity index (χ1v) is 5.55. The summed E-state index contributed by atoms with van der Waals surface area (Å²) < 4.78 is 0. The van der Waals surface area contributed by atoms with Crippen LogP contribution in [0, 0.1) is 11.3 Å². The van der Waals surface area contributed by atoms with Crippen LogP contribution in [0.1, 0.15) is 31.4 Å². The lowest BCUT2D eigenvalue weighted by Crippen LogP contribution is -2.20. The van der Waals surface area contributed by atoms with Crippen molar-refractivity contribution in [2.24, 2.45) is 5.10 Å². The van der Waals surface area contributed by atoms with Crippen LogP contribution in [0.3, 0.4) is 0 Å². The summed E-state index contributed by atoms with van der Waals surface area (Å²) in [5.41, 5.74) is 2.93. The zero-order valence-electron chi connectivity index (χ0n) is 9.90. The van der Waals surface area contributed by atoms with Gasteiger partial charge in [0, 0.05) is 5.71 Å². The van der Waals surface area contributed by atoms with E-state index in [1.165, 1.54) is 5.01 Å². The quantitative estimate of drug-likeness (QED) is 0.777. The Labute approximate surface area is 100 Å². The summed E-state index contributed by atoms with van der Waals surface area (Å²) in [5.74, 6) is -0.0803. The Hall–Kier alpha value is -2.15. The molecule has 0 bridgehead atoms. The van der Waals surface area contributed by atoms with Crippen molar-refractivity contribution >= 4 is 17.3 Å². The molecule has 1 aliphatic heterocycles. The van der Waals surface area contributed by atoms with Crippen molar-refractivity contribution in [3.05, 3.63) is 29.3 Å². The molecule has 1 heterocycles. The second-order valence-electron chi connectivity index (χ2n) is 4.03. The minimum Gasteiger partial charge on any atom is -0.272 e. The smallest absolute Gasteiger partial charge is 0.253 e. The number of anilines is 1. The second kappa shape index (κ2) is 4.38. The van der Waals surface area contributed by atoms with Gasteiger partial charge in [0.2, 0.25) is 0 Å². The largest absolute Gasteiger partial charge is 0.272 e. The predicted molar refractivity (Wildman–Crippen MR) is 65.7 cm³/mol. The van der Waals surface area contributed by atoms with Crippen molar-refractivity contribution in [1.29, 1.82) is 5.26 Å². The van der Waals surface area contributed by atoms with Gasteiger partial charge in [-0.05, 0) is 31.0 Å². The number of nitriles is 1. The number of hydrogen-bond donors (Lipinski definition) is 0. The van der Waals surface area contributed by atoms with Gasteiger partial charge < -0.3 is 0 Å². The van der Waals surface area contributed by atoms with Crippen LogP contribution in [0.4, 0.5) is 5.69 Å². The van der Waals surface area contributed by atoms with Crippen LogP contribution < -0.4 is 5.01 Å². The molecule has 4 heteroatoms. The van der Waals surface area contributed by atoms with Gasteiger partial charge in [0.15, 0.2) is 0 Å². The summed E-state index contributed by atoms with van der Waals surface area (Å²) in [6.45, 7) is 3.84. The normalized spacial score (nSPS) is 14.8. The lowest BCUT2D eigenvalue weighted by molar-refractivity contribution is -0.116. The summed E-state index contributed by atoms with van der Waals surface area (Å²) in [6.07, 6.45) is 1.20. The van der Waals surface area contributed by atoms with Crippen molar-refractivity contribution < 1.29 is 4.79 Å². The zero-order valence-corrected chi connectivity index (χ0v) is 9.90. The summed E-state index contributed by atoms with van der Waals surface area (Å²) in [4.78, 5) is 11.7. The van der Waals surface area contributed by atoms with E-state index in [4.69, 9.17) is 5.26 Å². The highest BCUT2D eigenvalue weighted by Crippen LogP contribution is 2.25. The number of nitrogens with zero attached hydrogens (tertiary/aromatic N) is 3. The Bertz CT molecular complexity index is 540. The molecule has 17 heavy (non-hydrogen) atoms. The summed E-state index contributed by atoms with van der Waals surface area (Å²) in [6, 6.07) is 7.64. The van der Waals surface area contributed by atoms with Gasteiger partial charge in [-0.2, -0.15) is 15.4 Å². The molecular formula is C13H13N3O. The van der Waals surface area contributed by atoms with Gasteiger partial charge in [-0.15, -0.1) is 0 Å². The van der Waals surface area contributed by atoms with Crippen molar-refractivity contribution in [3.8, 4) is 6.07 Å². The maximum atomic E-state index is 11.7. The molecule has 0 unspecified atom stereocenters. The van der Waals surface area contributed by atoms with Gasteiger partial charge in [0.05, 0.1) is 17.7 Å². The van der Waals surface area contributed by atoms with Crippen molar-refractivity contribution in [2.45, 2.75) is 26.7 Å². The topological polar surface area (TPSA) is 56.5 Å². The van der Waals surface area contributed by atoms with E-state index in [0.717, 1.165) is 17.7 Å². The van der Waals surface area contributed by atoms with Crippen molar-refractivity contribution in [3.63, 3.8) is 0 Å². The fourth-order valence-electron chi connectivity index (χ4n) is 1.82.